The van der Waals surface area contributed by atoms with E-state index in [1.165, 1.54) is 27.2 Å². The van der Waals surface area contributed by atoms with Gasteiger partial charge in [-0.2, -0.15) is 10.2 Å². The van der Waals surface area contributed by atoms with Gasteiger partial charge >= 0.3 is 0 Å². The predicted molar refractivity (Wildman–Crippen MR) is 108 cm³/mol. The van der Waals surface area contributed by atoms with Gasteiger partial charge in [0, 0.05) is 0 Å². The first-order chi connectivity index (χ1) is 13.3. The fourth-order valence-corrected chi connectivity index (χ4v) is 2.72. The third-order valence-electron chi connectivity index (χ3n) is 3.83. The van der Waals surface area contributed by atoms with Crippen molar-refractivity contribution in [2.24, 2.45) is 10.2 Å². The summed E-state index contributed by atoms with van der Waals surface area (Å²) in [6, 6.07) is 6.94. The van der Waals surface area contributed by atoms with Gasteiger partial charge in [0.1, 0.15) is 11.4 Å². The number of benzene rings is 2. The average molecular weight is 424 g/mol. The minimum atomic E-state index is -1.39. The lowest BCUT2D eigenvalue weighted by Gasteiger charge is -2.16. The fraction of sp³-hybridized carbons (Fsp3) is 0.263. The highest BCUT2D eigenvalue weighted by atomic mass is 35.5. The number of anilines is 1. The molecule has 0 saturated heterocycles. The summed E-state index contributed by atoms with van der Waals surface area (Å²) < 4.78 is 10.5. The van der Waals surface area contributed by atoms with Crippen LogP contribution in [0.4, 0.5) is 11.4 Å². The van der Waals surface area contributed by atoms with Crippen LogP contribution in [0.15, 0.2) is 40.6 Å². The molecule has 0 aromatic heterocycles. The lowest BCUT2D eigenvalue weighted by atomic mass is 10.2. The van der Waals surface area contributed by atoms with E-state index >= 15 is 0 Å². The predicted octanol–water partition coefficient (Wildman–Crippen LogP) is 5.00. The molecule has 1 atom stereocenters. The second-order valence-electron chi connectivity index (χ2n) is 5.78. The summed E-state index contributed by atoms with van der Waals surface area (Å²) >= 11 is 12.3. The van der Waals surface area contributed by atoms with E-state index in [0.29, 0.717) is 16.5 Å². The minimum Gasteiger partial charge on any atom is -0.493 e. The van der Waals surface area contributed by atoms with Crippen molar-refractivity contribution in [1.82, 2.24) is 0 Å². The van der Waals surface area contributed by atoms with Crippen molar-refractivity contribution in [3.63, 3.8) is 0 Å². The molecule has 0 fully saturated rings. The highest BCUT2D eigenvalue weighted by Gasteiger charge is 2.26. The summed E-state index contributed by atoms with van der Waals surface area (Å²) in [5.74, 6) is -0.615. The van der Waals surface area contributed by atoms with E-state index < -0.39 is 17.7 Å². The minimum absolute atomic E-state index is 0.170. The van der Waals surface area contributed by atoms with E-state index in [2.05, 4.69) is 15.5 Å². The number of amides is 1. The van der Waals surface area contributed by atoms with Gasteiger partial charge in [0.05, 0.1) is 24.3 Å². The number of rotatable bonds is 7. The first-order valence-corrected chi connectivity index (χ1v) is 8.93. The van der Waals surface area contributed by atoms with Gasteiger partial charge in [-0.25, -0.2) is 0 Å². The monoisotopic (exact) mass is 423 g/mol. The molecule has 7 nitrogen and oxygen atoms in total. The molecule has 0 saturated carbocycles. The highest BCUT2D eigenvalue weighted by molar-refractivity contribution is 6.34. The average Bonchev–Trinajstić information content (AvgIpc) is 2.66. The van der Waals surface area contributed by atoms with Crippen molar-refractivity contribution in [3.8, 4) is 11.5 Å². The smallest absolute Gasteiger partial charge is 0.258 e. The van der Waals surface area contributed by atoms with Gasteiger partial charge in [-0.1, -0.05) is 35.3 Å². The molecule has 28 heavy (non-hydrogen) atoms. The maximum absolute atomic E-state index is 12.7. The van der Waals surface area contributed by atoms with E-state index in [1.54, 1.807) is 18.2 Å². The van der Waals surface area contributed by atoms with Gasteiger partial charge in [0.25, 0.3) is 5.91 Å². The summed E-state index contributed by atoms with van der Waals surface area (Å²) in [4.78, 5) is 24.6. The number of halogens is 2. The molecule has 0 aliphatic carbocycles. The Labute approximate surface area is 172 Å². The number of aryl methyl sites for hydroxylation is 1. The number of carbonyl (C=O) groups excluding carboxylic acids is 2. The Morgan fingerprint density at radius 2 is 1.82 bits per heavy atom. The molecule has 1 unspecified atom stereocenters. The topological polar surface area (TPSA) is 89.4 Å². The second kappa shape index (κ2) is 9.52. The van der Waals surface area contributed by atoms with Crippen molar-refractivity contribution in [2.75, 3.05) is 19.5 Å². The molecule has 0 heterocycles. The summed E-state index contributed by atoms with van der Waals surface area (Å²) in [5.41, 5.74) is 1.33. The third-order valence-corrected chi connectivity index (χ3v) is 4.64. The molecule has 0 spiro atoms. The number of azo groups is 1. The van der Waals surface area contributed by atoms with Crippen molar-refractivity contribution in [3.05, 3.63) is 45.9 Å². The molecular weight excluding hydrogens is 405 g/mol. The van der Waals surface area contributed by atoms with Gasteiger partial charge in [-0.05, 0) is 37.6 Å². The normalized spacial score (nSPS) is 11.9. The molecule has 0 bridgehead atoms. The maximum atomic E-state index is 12.7. The number of carbonyl (C=O) groups is 2. The van der Waals surface area contributed by atoms with Crippen molar-refractivity contribution >= 4 is 46.3 Å². The van der Waals surface area contributed by atoms with Crippen LogP contribution >= 0.6 is 23.2 Å². The van der Waals surface area contributed by atoms with E-state index in [9.17, 15) is 9.59 Å². The maximum Gasteiger partial charge on any atom is 0.258 e. The molecule has 9 heteroatoms. The van der Waals surface area contributed by atoms with E-state index in [4.69, 9.17) is 32.7 Å². The number of nitrogens with one attached hydrogen (secondary N) is 1. The standard InChI is InChI=1S/C19H19Cl2N3O4/c1-10-6-5-7-13(15(10)21)23-24-16(11(2)25)19(26)22-17-12(20)8-9-14(27-3)18(17)28-4/h5-9,16H,1-4H3,(H,22,26). The number of nitrogens with zero attached hydrogens (tertiary/aromatic N) is 2. The Morgan fingerprint density at radius 1 is 1.11 bits per heavy atom. The van der Waals surface area contributed by atoms with Gasteiger partial charge in [-0.3, -0.25) is 9.59 Å². The van der Waals surface area contributed by atoms with Gasteiger partial charge in [0.2, 0.25) is 6.04 Å². The second-order valence-corrected chi connectivity index (χ2v) is 6.57. The SMILES string of the molecule is COc1ccc(Cl)c(NC(=O)C(N=Nc2cccc(C)c2Cl)C(C)=O)c1OC. The first kappa shape index (κ1) is 21.7. The molecule has 1 N–H and O–H groups in total. The van der Waals surface area contributed by atoms with Gasteiger partial charge in [0.15, 0.2) is 17.3 Å². The Kier molecular flexibility index (Phi) is 7.37. The van der Waals surface area contributed by atoms with Gasteiger partial charge in [-0.15, -0.1) is 0 Å². The molecular formula is C19H19Cl2N3O4. The van der Waals surface area contributed by atoms with Crippen LogP contribution in [0.5, 0.6) is 11.5 Å². The number of Topliss-reactive ketones (excluding diaryl/α,β-unsaturated/α-hetero) is 1. The van der Waals surface area contributed by atoms with Crippen molar-refractivity contribution in [2.45, 2.75) is 19.9 Å². The zero-order chi connectivity index (χ0) is 20.8. The molecule has 1 amide bonds. The van der Waals surface area contributed by atoms with Crippen LogP contribution < -0.4 is 14.8 Å². The van der Waals surface area contributed by atoms with Crippen LogP contribution in [-0.4, -0.2) is 32.0 Å². The zero-order valence-electron chi connectivity index (χ0n) is 15.7. The van der Waals surface area contributed by atoms with E-state index in [1.807, 2.05) is 13.0 Å². The van der Waals surface area contributed by atoms with Crippen LogP contribution in [0.3, 0.4) is 0 Å². The first-order valence-electron chi connectivity index (χ1n) is 8.17. The summed E-state index contributed by atoms with van der Waals surface area (Å²) in [5, 5.41) is 11.0. The Balaban J connectivity index is 2.33. The van der Waals surface area contributed by atoms with Crippen LogP contribution in [-0.2, 0) is 9.59 Å². The Bertz CT molecular complexity index is 932. The summed E-state index contributed by atoms with van der Waals surface area (Å²) in [7, 11) is 2.86. The molecule has 2 aromatic carbocycles. The van der Waals surface area contributed by atoms with Gasteiger partial charge < -0.3 is 14.8 Å². The van der Waals surface area contributed by atoms with Crippen molar-refractivity contribution in [1.29, 1.82) is 0 Å². The van der Waals surface area contributed by atoms with E-state index in [0.717, 1.165) is 5.56 Å². The summed E-state index contributed by atoms with van der Waals surface area (Å²) in [6.07, 6.45) is 0. The van der Waals surface area contributed by atoms with Crippen LogP contribution in [0.2, 0.25) is 10.0 Å². The lowest BCUT2D eigenvalue weighted by molar-refractivity contribution is -0.126. The van der Waals surface area contributed by atoms with Crippen LogP contribution in [0.25, 0.3) is 0 Å². The van der Waals surface area contributed by atoms with Crippen LogP contribution in [0, 0.1) is 6.92 Å². The number of hydrogen-bond donors (Lipinski definition) is 1. The zero-order valence-corrected chi connectivity index (χ0v) is 17.3. The van der Waals surface area contributed by atoms with Crippen LogP contribution in [0.1, 0.15) is 12.5 Å². The molecule has 0 aliphatic rings. The molecule has 0 radical (unpaired) electrons. The Morgan fingerprint density at radius 3 is 2.43 bits per heavy atom. The number of hydrogen-bond acceptors (Lipinski definition) is 6. The number of methoxy groups -OCH3 is 2. The number of ether oxygens (including phenoxy) is 2. The largest absolute Gasteiger partial charge is 0.493 e. The molecule has 0 aliphatic heterocycles. The lowest BCUT2D eigenvalue weighted by Crippen LogP contribution is -2.32. The third kappa shape index (κ3) is 4.79. The summed E-state index contributed by atoms with van der Waals surface area (Å²) in [6.45, 7) is 3.05. The highest BCUT2D eigenvalue weighted by Crippen LogP contribution is 2.40. The Hall–Kier alpha value is -2.64. The number of ketones is 1. The molecule has 148 valence electrons. The molecule has 2 rings (SSSR count). The van der Waals surface area contributed by atoms with E-state index in [-0.39, 0.29) is 16.5 Å². The molecule has 2 aromatic rings. The van der Waals surface area contributed by atoms with Crippen molar-refractivity contribution < 1.29 is 19.1 Å². The fourth-order valence-electron chi connectivity index (χ4n) is 2.36. The quantitative estimate of drug-likeness (QED) is 0.501.